The first-order valence-corrected chi connectivity index (χ1v) is 6.46. The van der Waals surface area contributed by atoms with Crippen molar-refractivity contribution in [3.63, 3.8) is 0 Å². The summed E-state index contributed by atoms with van der Waals surface area (Å²) >= 11 is 0. The van der Waals surface area contributed by atoms with E-state index in [9.17, 15) is 4.79 Å². The number of amides is 1. The van der Waals surface area contributed by atoms with E-state index in [4.69, 9.17) is 10.5 Å². The zero-order valence-corrected chi connectivity index (χ0v) is 11.6. The van der Waals surface area contributed by atoms with Crippen LogP contribution in [0.25, 0.3) is 0 Å². The van der Waals surface area contributed by atoms with Crippen LogP contribution in [0.15, 0.2) is 48.5 Å². The van der Waals surface area contributed by atoms with Crippen molar-refractivity contribution < 1.29 is 9.53 Å². The Balaban J connectivity index is 2.25. The van der Waals surface area contributed by atoms with Crippen LogP contribution in [0.1, 0.15) is 25.5 Å². The number of para-hydroxylation sites is 2. The topological polar surface area (TPSA) is 64.3 Å². The fourth-order valence-electron chi connectivity index (χ4n) is 1.84. The number of hydrogen-bond acceptors (Lipinski definition) is 3. The minimum atomic E-state index is -0.134. The number of carbonyl (C=O) groups excluding carboxylic acids is 1. The third kappa shape index (κ3) is 3.59. The summed E-state index contributed by atoms with van der Waals surface area (Å²) in [6.45, 7) is 3.39. The number of nitrogens with one attached hydrogen (secondary N) is 1. The molecular weight excluding hydrogens is 252 g/mol. The van der Waals surface area contributed by atoms with Crippen LogP contribution < -0.4 is 15.8 Å². The van der Waals surface area contributed by atoms with Gasteiger partial charge in [0.05, 0.1) is 5.69 Å². The van der Waals surface area contributed by atoms with E-state index in [0.29, 0.717) is 17.2 Å². The lowest BCUT2D eigenvalue weighted by Crippen LogP contribution is -2.07. The van der Waals surface area contributed by atoms with Gasteiger partial charge in [-0.05, 0) is 36.8 Å². The van der Waals surface area contributed by atoms with Crippen LogP contribution in [-0.2, 0) is 4.79 Å². The summed E-state index contributed by atoms with van der Waals surface area (Å²) < 4.78 is 5.83. The number of benzene rings is 2. The van der Waals surface area contributed by atoms with E-state index in [1.807, 2.05) is 49.4 Å². The standard InChI is InChI=1S/C16H18N2O2/c1-11(17)13-6-5-7-14(10-13)20-16-9-4-3-8-15(16)18-12(2)19/h3-11H,17H2,1-2H3,(H,18,19). The molecule has 0 aromatic heterocycles. The molecule has 0 bridgehead atoms. The highest BCUT2D eigenvalue weighted by atomic mass is 16.5. The number of hydrogen-bond donors (Lipinski definition) is 2. The minimum Gasteiger partial charge on any atom is -0.455 e. The lowest BCUT2D eigenvalue weighted by molar-refractivity contribution is -0.114. The Bertz CT molecular complexity index is 609. The first-order chi connectivity index (χ1) is 9.56. The average Bonchev–Trinajstić information content (AvgIpc) is 2.41. The van der Waals surface area contributed by atoms with Gasteiger partial charge in [0.25, 0.3) is 0 Å². The van der Waals surface area contributed by atoms with Crippen LogP contribution in [0.5, 0.6) is 11.5 Å². The molecule has 104 valence electrons. The van der Waals surface area contributed by atoms with Crippen LogP contribution in [-0.4, -0.2) is 5.91 Å². The van der Waals surface area contributed by atoms with Crippen molar-refractivity contribution in [1.82, 2.24) is 0 Å². The van der Waals surface area contributed by atoms with Crippen LogP contribution in [0, 0.1) is 0 Å². The highest BCUT2D eigenvalue weighted by Gasteiger charge is 2.07. The Labute approximate surface area is 118 Å². The molecule has 2 rings (SSSR count). The van der Waals surface area contributed by atoms with Gasteiger partial charge in [-0.1, -0.05) is 24.3 Å². The van der Waals surface area contributed by atoms with Crippen molar-refractivity contribution in [2.45, 2.75) is 19.9 Å². The van der Waals surface area contributed by atoms with Gasteiger partial charge in [0.2, 0.25) is 5.91 Å². The third-order valence-corrected chi connectivity index (χ3v) is 2.81. The Kier molecular flexibility index (Phi) is 4.38. The van der Waals surface area contributed by atoms with E-state index in [1.54, 1.807) is 6.07 Å². The second kappa shape index (κ2) is 6.21. The predicted octanol–water partition coefficient (Wildman–Crippen LogP) is 3.46. The molecule has 0 heterocycles. The van der Waals surface area contributed by atoms with Gasteiger partial charge < -0.3 is 15.8 Å². The molecule has 20 heavy (non-hydrogen) atoms. The fourth-order valence-corrected chi connectivity index (χ4v) is 1.84. The molecule has 2 aromatic rings. The van der Waals surface area contributed by atoms with Crippen LogP contribution >= 0.6 is 0 Å². The quantitative estimate of drug-likeness (QED) is 0.894. The summed E-state index contributed by atoms with van der Waals surface area (Å²) in [5, 5.41) is 2.74. The Morgan fingerprint density at radius 2 is 1.95 bits per heavy atom. The van der Waals surface area contributed by atoms with Gasteiger partial charge in [-0.3, -0.25) is 4.79 Å². The summed E-state index contributed by atoms with van der Waals surface area (Å²) in [4.78, 5) is 11.2. The second-order valence-electron chi connectivity index (χ2n) is 4.64. The third-order valence-electron chi connectivity index (χ3n) is 2.81. The van der Waals surface area contributed by atoms with E-state index < -0.39 is 0 Å². The Morgan fingerprint density at radius 1 is 1.20 bits per heavy atom. The zero-order chi connectivity index (χ0) is 14.5. The minimum absolute atomic E-state index is 0.0517. The van der Waals surface area contributed by atoms with Gasteiger partial charge in [0.15, 0.2) is 5.75 Å². The molecule has 0 aliphatic carbocycles. The molecule has 0 saturated heterocycles. The van der Waals surface area contributed by atoms with Gasteiger partial charge >= 0.3 is 0 Å². The highest BCUT2D eigenvalue weighted by molar-refractivity contribution is 5.90. The van der Waals surface area contributed by atoms with Gasteiger partial charge in [-0.15, -0.1) is 0 Å². The molecule has 0 spiro atoms. The number of nitrogens with two attached hydrogens (primary N) is 1. The van der Waals surface area contributed by atoms with Crippen molar-refractivity contribution in [2.75, 3.05) is 5.32 Å². The summed E-state index contributed by atoms with van der Waals surface area (Å²) in [6.07, 6.45) is 0. The van der Waals surface area contributed by atoms with Crippen molar-refractivity contribution in [3.8, 4) is 11.5 Å². The SMILES string of the molecule is CC(=O)Nc1ccccc1Oc1cccc(C(C)N)c1. The van der Waals surface area contributed by atoms with Gasteiger partial charge in [0.1, 0.15) is 5.75 Å². The summed E-state index contributed by atoms with van der Waals surface area (Å²) in [5.41, 5.74) is 7.50. The zero-order valence-electron chi connectivity index (χ0n) is 11.6. The largest absolute Gasteiger partial charge is 0.455 e. The maximum absolute atomic E-state index is 11.2. The maximum atomic E-state index is 11.2. The molecule has 1 amide bonds. The highest BCUT2D eigenvalue weighted by Crippen LogP contribution is 2.30. The van der Waals surface area contributed by atoms with E-state index in [0.717, 1.165) is 5.56 Å². The number of ether oxygens (including phenoxy) is 1. The molecule has 0 fully saturated rings. The smallest absolute Gasteiger partial charge is 0.221 e. The first-order valence-electron chi connectivity index (χ1n) is 6.46. The number of rotatable bonds is 4. The van der Waals surface area contributed by atoms with Crippen LogP contribution in [0.3, 0.4) is 0 Å². The molecule has 4 nitrogen and oxygen atoms in total. The molecule has 2 aromatic carbocycles. The molecule has 3 N–H and O–H groups in total. The lowest BCUT2D eigenvalue weighted by atomic mass is 10.1. The molecular formula is C16H18N2O2. The fraction of sp³-hybridized carbons (Fsp3) is 0.188. The van der Waals surface area contributed by atoms with Crippen LogP contribution in [0.2, 0.25) is 0 Å². The Hall–Kier alpha value is -2.33. The van der Waals surface area contributed by atoms with Crippen molar-refractivity contribution >= 4 is 11.6 Å². The lowest BCUT2D eigenvalue weighted by Gasteiger charge is -2.13. The van der Waals surface area contributed by atoms with Crippen LogP contribution in [0.4, 0.5) is 5.69 Å². The van der Waals surface area contributed by atoms with Crippen molar-refractivity contribution in [2.24, 2.45) is 5.73 Å². The summed E-state index contributed by atoms with van der Waals surface area (Å²) in [5.74, 6) is 1.16. The van der Waals surface area contributed by atoms with Crippen molar-refractivity contribution in [3.05, 3.63) is 54.1 Å². The van der Waals surface area contributed by atoms with E-state index >= 15 is 0 Å². The first kappa shape index (κ1) is 14.1. The van der Waals surface area contributed by atoms with Gasteiger partial charge in [0, 0.05) is 13.0 Å². The van der Waals surface area contributed by atoms with E-state index in [2.05, 4.69) is 5.32 Å². The van der Waals surface area contributed by atoms with Crippen molar-refractivity contribution in [1.29, 1.82) is 0 Å². The molecule has 0 saturated carbocycles. The Morgan fingerprint density at radius 3 is 2.65 bits per heavy atom. The average molecular weight is 270 g/mol. The van der Waals surface area contributed by atoms with E-state index in [-0.39, 0.29) is 11.9 Å². The molecule has 1 atom stereocenters. The molecule has 4 heteroatoms. The molecule has 1 unspecified atom stereocenters. The monoisotopic (exact) mass is 270 g/mol. The summed E-state index contributed by atoms with van der Waals surface area (Å²) in [6, 6.07) is 14.9. The van der Waals surface area contributed by atoms with Gasteiger partial charge in [-0.2, -0.15) is 0 Å². The molecule has 0 aliphatic rings. The second-order valence-corrected chi connectivity index (χ2v) is 4.64. The maximum Gasteiger partial charge on any atom is 0.221 e. The van der Waals surface area contributed by atoms with E-state index in [1.165, 1.54) is 6.92 Å². The predicted molar refractivity (Wildman–Crippen MR) is 79.9 cm³/mol. The molecule has 0 aliphatic heterocycles. The number of carbonyl (C=O) groups is 1. The number of anilines is 1. The summed E-state index contributed by atoms with van der Waals surface area (Å²) in [7, 11) is 0. The van der Waals surface area contributed by atoms with Gasteiger partial charge in [-0.25, -0.2) is 0 Å². The normalized spacial score (nSPS) is 11.8. The molecule has 0 radical (unpaired) electrons.